The summed E-state index contributed by atoms with van der Waals surface area (Å²) in [7, 11) is 1.70. The summed E-state index contributed by atoms with van der Waals surface area (Å²) in [5.74, 6) is -0.234. The largest absolute Gasteiger partial charge is 0.488 e. The summed E-state index contributed by atoms with van der Waals surface area (Å²) in [5, 5.41) is 5.72. The molecule has 0 aliphatic carbocycles. The summed E-state index contributed by atoms with van der Waals surface area (Å²) in [4.78, 5) is 18.0. The topological polar surface area (TPSA) is 54.5 Å². The Labute approximate surface area is 139 Å². The van der Waals surface area contributed by atoms with Gasteiger partial charge in [0.05, 0.1) is 23.3 Å². The van der Waals surface area contributed by atoms with E-state index in [4.69, 9.17) is 4.74 Å². The molecule has 7 heteroatoms. The minimum atomic E-state index is -0.415. The van der Waals surface area contributed by atoms with Crippen LogP contribution in [0.2, 0.25) is 0 Å². The number of ether oxygens (including phenoxy) is 1. The van der Waals surface area contributed by atoms with E-state index in [-0.39, 0.29) is 24.4 Å². The van der Waals surface area contributed by atoms with Gasteiger partial charge in [0.15, 0.2) is 11.6 Å². The molecule has 0 aliphatic rings. The van der Waals surface area contributed by atoms with Crippen molar-refractivity contribution in [2.24, 2.45) is 0 Å². The van der Waals surface area contributed by atoms with Crippen molar-refractivity contribution < 1.29 is 13.9 Å². The van der Waals surface area contributed by atoms with Gasteiger partial charge in [-0.25, -0.2) is 14.2 Å². The van der Waals surface area contributed by atoms with Gasteiger partial charge in [-0.1, -0.05) is 12.1 Å². The first-order valence-electron chi connectivity index (χ1n) is 7.25. The van der Waals surface area contributed by atoms with Crippen molar-refractivity contribution in [2.75, 3.05) is 13.7 Å². The number of hydrogen-bond donors (Lipinski definition) is 1. The normalized spacial score (nSPS) is 11.8. The standard InChI is InChI=1S/C16H20FN3O2S/c1-11(9-22-15-7-5-4-6-14(15)17)18-16(21)20(3)8-13-10-23-12(2)19-13/h4-7,10-11H,8-9H2,1-3H3,(H,18,21)/t11-/m1/s1. The molecular weight excluding hydrogens is 317 g/mol. The molecule has 23 heavy (non-hydrogen) atoms. The summed E-state index contributed by atoms with van der Waals surface area (Å²) in [6.45, 7) is 4.36. The van der Waals surface area contributed by atoms with Gasteiger partial charge in [0.1, 0.15) is 6.61 Å². The van der Waals surface area contributed by atoms with E-state index in [2.05, 4.69) is 10.3 Å². The fraction of sp³-hybridized carbons (Fsp3) is 0.375. The smallest absolute Gasteiger partial charge is 0.317 e. The van der Waals surface area contributed by atoms with Crippen molar-refractivity contribution in [1.29, 1.82) is 0 Å². The molecule has 1 N–H and O–H groups in total. The third-order valence-electron chi connectivity index (χ3n) is 3.11. The predicted octanol–water partition coefficient (Wildman–Crippen LogP) is 3.20. The first-order valence-corrected chi connectivity index (χ1v) is 8.13. The molecular formula is C16H20FN3O2S. The number of para-hydroxylation sites is 1. The number of aryl methyl sites for hydroxylation is 1. The molecule has 0 saturated carbocycles. The highest BCUT2D eigenvalue weighted by molar-refractivity contribution is 7.09. The number of urea groups is 1. The van der Waals surface area contributed by atoms with Gasteiger partial charge in [-0.3, -0.25) is 0 Å². The van der Waals surface area contributed by atoms with E-state index >= 15 is 0 Å². The molecule has 124 valence electrons. The summed E-state index contributed by atoms with van der Waals surface area (Å²) < 4.78 is 18.8. The Morgan fingerprint density at radius 3 is 2.87 bits per heavy atom. The highest BCUT2D eigenvalue weighted by Crippen LogP contribution is 2.15. The molecule has 1 aromatic heterocycles. The van der Waals surface area contributed by atoms with E-state index in [0.717, 1.165) is 10.7 Å². The van der Waals surface area contributed by atoms with Gasteiger partial charge < -0.3 is 15.0 Å². The van der Waals surface area contributed by atoms with Crippen LogP contribution in [-0.2, 0) is 6.54 Å². The van der Waals surface area contributed by atoms with Crippen LogP contribution in [0, 0.1) is 12.7 Å². The van der Waals surface area contributed by atoms with Crippen LogP contribution in [0.25, 0.3) is 0 Å². The maximum absolute atomic E-state index is 13.4. The van der Waals surface area contributed by atoms with E-state index in [0.29, 0.717) is 6.54 Å². The Kier molecular flexibility index (Phi) is 5.92. The lowest BCUT2D eigenvalue weighted by Gasteiger charge is -2.21. The number of aromatic nitrogens is 1. The van der Waals surface area contributed by atoms with Crippen LogP contribution >= 0.6 is 11.3 Å². The minimum Gasteiger partial charge on any atom is -0.488 e. The van der Waals surface area contributed by atoms with Gasteiger partial charge in [-0.2, -0.15) is 0 Å². The van der Waals surface area contributed by atoms with Gasteiger partial charge in [-0.15, -0.1) is 11.3 Å². The number of carbonyl (C=O) groups excluding carboxylic acids is 1. The number of hydrogen-bond acceptors (Lipinski definition) is 4. The van der Waals surface area contributed by atoms with Gasteiger partial charge >= 0.3 is 6.03 Å². The van der Waals surface area contributed by atoms with Gasteiger partial charge in [0.2, 0.25) is 0 Å². The van der Waals surface area contributed by atoms with Crippen molar-refractivity contribution in [3.63, 3.8) is 0 Å². The van der Waals surface area contributed by atoms with Crippen molar-refractivity contribution in [3.8, 4) is 5.75 Å². The highest BCUT2D eigenvalue weighted by Gasteiger charge is 2.14. The number of benzene rings is 1. The molecule has 0 radical (unpaired) electrons. The number of rotatable bonds is 6. The van der Waals surface area contributed by atoms with Crippen molar-refractivity contribution in [3.05, 3.63) is 46.2 Å². The molecule has 0 aliphatic heterocycles. The number of nitrogens with one attached hydrogen (secondary N) is 1. The van der Waals surface area contributed by atoms with Crippen LogP contribution in [0.15, 0.2) is 29.6 Å². The van der Waals surface area contributed by atoms with Crippen LogP contribution < -0.4 is 10.1 Å². The Bertz CT molecular complexity index is 662. The van der Waals surface area contributed by atoms with Crippen molar-refractivity contribution in [1.82, 2.24) is 15.2 Å². The fourth-order valence-corrected chi connectivity index (χ4v) is 2.54. The van der Waals surface area contributed by atoms with Gasteiger partial charge in [0.25, 0.3) is 0 Å². The molecule has 0 spiro atoms. The van der Waals surface area contributed by atoms with Crippen LogP contribution in [0.4, 0.5) is 9.18 Å². The third kappa shape index (κ3) is 5.21. The molecule has 0 saturated heterocycles. The Morgan fingerprint density at radius 1 is 1.48 bits per heavy atom. The number of carbonyl (C=O) groups is 1. The van der Waals surface area contributed by atoms with Crippen molar-refractivity contribution in [2.45, 2.75) is 26.4 Å². The second-order valence-corrected chi connectivity index (χ2v) is 6.37. The average Bonchev–Trinajstić information content (AvgIpc) is 2.91. The maximum Gasteiger partial charge on any atom is 0.317 e. The number of halogens is 1. The average molecular weight is 337 g/mol. The summed E-state index contributed by atoms with van der Waals surface area (Å²) in [6.07, 6.45) is 0. The van der Waals surface area contributed by atoms with E-state index < -0.39 is 5.82 Å². The van der Waals surface area contributed by atoms with E-state index in [1.807, 2.05) is 12.3 Å². The van der Waals surface area contributed by atoms with E-state index in [1.165, 1.54) is 6.07 Å². The molecule has 0 fully saturated rings. The molecule has 2 aromatic rings. The molecule has 0 unspecified atom stereocenters. The monoisotopic (exact) mass is 337 g/mol. The Morgan fingerprint density at radius 2 is 2.22 bits per heavy atom. The van der Waals surface area contributed by atoms with Crippen LogP contribution in [-0.4, -0.2) is 35.6 Å². The fourth-order valence-electron chi connectivity index (χ4n) is 1.93. The highest BCUT2D eigenvalue weighted by atomic mass is 32.1. The molecule has 5 nitrogen and oxygen atoms in total. The van der Waals surface area contributed by atoms with Gasteiger partial charge in [-0.05, 0) is 26.0 Å². The predicted molar refractivity (Wildman–Crippen MR) is 88.2 cm³/mol. The zero-order valence-corrected chi connectivity index (χ0v) is 14.2. The molecule has 1 aromatic carbocycles. The number of nitrogens with zero attached hydrogens (tertiary/aromatic N) is 2. The van der Waals surface area contributed by atoms with Gasteiger partial charge in [0, 0.05) is 12.4 Å². The lowest BCUT2D eigenvalue weighted by Crippen LogP contribution is -2.43. The van der Waals surface area contributed by atoms with E-state index in [1.54, 1.807) is 48.4 Å². The van der Waals surface area contributed by atoms with E-state index in [9.17, 15) is 9.18 Å². The second kappa shape index (κ2) is 7.92. The lowest BCUT2D eigenvalue weighted by atomic mass is 10.3. The summed E-state index contributed by atoms with van der Waals surface area (Å²) in [6, 6.07) is 5.72. The summed E-state index contributed by atoms with van der Waals surface area (Å²) in [5.41, 5.74) is 0.861. The Balaban J connectivity index is 1.78. The second-order valence-electron chi connectivity index (χ2n) is 5.31. The lowest BCUT2D eigenvalue weighted by molar-refractivity contribution is 0.194. The molecule has 2 amide bonds. The molecule has 0 bridgehead atoms. The van der Waals surface area contributed by atoms with Crippen molar-refractivity contribution >= 4 is 17.4 Å². The van der Waals surface area contributed by atoms with Crippen LogP contribution in [0.1, 0.15) is 17.6 Å². The number of amides is 2. The first kappa shape index (κ1) is 17.2. The van der Waals surface area contributed by atoms with Crippen LogP contribution in [0.3, 0.4) is 0 Å². The maximum atomic E-state index is 13.4. The Hall–Kier alpha value is -2.15. The number of thiazole rings is 1. The molecule has 1 atom stereocenters. The summed E-state index contributed by atoms with van der Waals surface area (Å²) >= 11 is 1.55. The zero-order chi connectivity index (χ0) is 16.8. The molecule has 2 rings (SSSR count). The SMILES string of the molecule is Cc1nc(CN(C)C(=O)N[C@H](C)COc2ccccc2F)cs1. The molecule has 1 heterocycles. The van der Waals surface area contributed by atoms with Crippen LogP contribution in [0.5, 0.6) is 5.75 Å². The quantitative estimate of drug-likeness (QED) is 0.881. The minimum absolute atomic E-state index is 0.180. The zero-order valence-electron chi connectivity index (χ0n) is 13.4. The first-order chi connectivity index (χ1) is 11.0. The third-order valence-corrected chi connectivity index (χ3v) is 3.93.